The van der Waals surface area contributed by atoms with Crippen LogP contribution in [0.2, 0.25) is 0 Å². The van der Waals surface area contributed by atoms with Crippen LogP contribution in [0.25, 0.3) is 10.9 Å². The summed E-state index contributed by atoms with van der Waals surface area (Å²) in [6, 6.07) is 16.4. The Kier molecular flexibility index (Phi) is 4.35. The molecule has 0 radical (unpaired) electrons. The Hall–Kier alpha value is -2.39. The summed E-state index contributed by atoms with van der Waals surface area (Å²) in [5.74, 6) is 0. The third-order valence-electron chi connectivity index (χ3n) is 3.91. The first-order valence-electron chi connectivity index (χ1n) is 7.55. The summed E-state index contributed by atoms with van der Waals surface area (Å²) in [5.41, 5.74) is 5.59. The number of aryl methyl sites for hydroxylation is 1. The van der Waals surface area contributed by atoms with E-state index >= 15 is 0 Å². The Bertz CT molecular complexity index is 766. The number of pyridine rings is 1. The number of rotatable bonds is 5. The lowest BCUT2D eigenvalue weighted by molar-refractivity contribution is 0.282. The van der Waals surface area contributed by atoms with E-state index in [1.54, 1.807) is 0 Å². The van der Waals surface area contributed by atoms with Crippen LogP contribution in [0.3, 0.4) is 0 Å². The van der Waals surface area contributed by atoms with E-state index in [2.05, 4.69) is 47.6 Å². The van der Waals surface area contributed by atoms with Gasteiger partial charge >= 0.3 is 0 Å². The molecule has 0 spiro atoms. The minimum atomic E-state index is 0.0981. The molecule has 0 saturated heterocycles. The van der Waals surface area contributed by atoms with Crippen molar-refractivity contribution >= 4 is 16.6 Å². The molecule has 3 aromatic rings. The Labute approximate surface area is 130 Å². The highest BCUT2D eigenvalue weighted by molar-refractivity contribution is 5.92. The molecule has 22 heavy (non-hydrogen) atoms. The van der Waals surface area contributed by atoms with E-state index in [0.717, 1.165) is 35.1 Å². The summed E-state index contributed by atoms with van der Waals surface area (Å²) >= 11 is 0. The number of hydrogen-bond acceptors (Lipinski definition) is 3. The van der Waals surface area contributed by atoms with Gasteiger partial charge in [-0.3, -0.25) is 4.98 Å². The second-order valence-corrected chi connectivity index (χ2v) is 5.48. The fraction of sp³-hybridized carbons (Fsp3) is 0.211. The molecule has 0 bridgehead atoms. The normalized spacial score (nSPS) is 10.8. The van der Waals surface area contributed by atoms with Gasteiger partial charge in [-0.05, 0) is 36.1 Å². The zero-order valence-electron chi connectivity index (χ0n) is 12.7. The van der Waals surface area contributed by atoms with Crippen molar-refractivity contribution in [2.45, 2.75) is 20.0 Å². The predicted molar refractivity (Wildman–Crippen MR) is 91.0 cm³/mol. The van der Waals surface area contributed by atoms with Gasteiger partial charge in [0.2, 0.25) is 0 Å². The number of nitrogens with one attached hydrogen (secondary N) is 1. The molecule has 3 heteroatoms. The molecule has 0 fully saturated rings. The number of anilines is 1. The second-order valence-electron chi connectivity index (χ2n) is 5.48. The second kappa shape index (κ2) is 6.58. The minimum Gasteiger partial charge on any atom is -0.392 e. The molecule has 2 aromatic carbocycles. The largest absolute Gasteiger partial charge is 0.392 e. The van der Waals surface area contributed by atoms with Gasteiger partial charge in [-0.15, -0.1) is 0 Å². The first-order chi connectivity index (χ1) is 10.8. The Morgan fingerprint density at radius 1 is 1.00 bits per heavy atom. The molecule has 2 N–H and O–H groups in total. The molecular formula is C19H20N2O. The fourth-order valence-electron chi connectivity index (χ4n) is 2.63. The summed E-state index contributed by atoms with van der Waals surface area (Å²) in [4.78, 5) is 4.46. The summed E-state index contributed by atoms with van der Waals surface area (Å²) in [6.07, 6.45) is 2.80. The number of para-hydroxylation sites is 1. The molecule has 0 aliphatic carbocycles. The summed E-state index contributed by atoms with van der Waals surface area (Å²) in [7, 11) is 0. The van der Waals surface area contributed by atoms with Crippen LogP contribution < -0.4 is 5.32 Å². The standard InChI is InChI=1S/C19H20N2O/c1-14-3-2-4-17-18(10-12-21-19(14)17)20-11-9-15-5-7-16(13-22)8-6-15/h2-8,10,12,22H,9,11,13H2,1H3,(H,20,21). The highest BCUT2D eigenvalue weighted by Gasteiger charge is 2.03. The number of benzene rings is 2. The van der Waals surface area contributed by atoms with Crippen molar-refractivity contribution in [2.24, 2.45) is 0 Å². The molecule has 0 atom stereocenters. The van der Waals surface area contributed by atoms with Gasteiger partial charge in [0.15, 0.2) is 0 Å². The van der Waals surface area contributed by atoms with Crippen molar-refractivity contribution in [3.05, 3.63) is 71.4 Å². The lowest BCUT2D eigenvalue weighted by Gasteiger charge is -2.10. The number of nitrogens with zero attached hydrogens (tertiary/aromatic N) is 1. The highest BCUT2D eigenvalue weighted by atomic mass is 16.3. The van der Waals surface area contributed by atoms with Crippen LogP contribution >= 0.6 is 0 Å². The fourth-order valence-corrected chi connectivity index (χ4v) is 2.63. The topological polar surface area (TPSA) is 45.1 Å². The lowest BCUT2D eigenvalue weighted by Crippen LogP contribution is -2.05. The van der Waals surface area contributed by atoms with Crippen LogP contribution in [0.1, 0.15) is 16.7 Å². The van der Waals surface area contributed by atoms with Crippen molar-refractivity contribution in [1.82, 2.24) is 4.98 Å². The average molecular weight is 292 g/mol. The molecule has 3 nitrogen and oxygen atoms in total. The van der Waals surface area contributed by atoms with E-state index in [1.807, 2.05) is 24.4 Å². The predicted octanol–water partition coefficient (Wildman–Crippen LogP) is 3.69. The smallest absolute Gasteiger partial charge is 0.0751 e. The summed E-state index contributed by atoms with van der Waals surface area (Å²) in [5, 5.41) is 13.7. The Morgan fingerprint density at radius 3 is 2.55 bits per heavy atom. The first-order valence-corrected chi connectivity index (χ1v) is 7.55. The van der Waals surface area contributed by atoms with Crippen molar-refractivity contribution in [2.75, 3.05) is 11.9 Å². The third-order valence-corrected chi connectivity index (χ3v) is 3.91. The van der Waals surface area contributed by atoms with Crippen LogP contribution in [0, 0.1) is 6.92 Å². The van der Waals surface area contributed by atoms with Gasteiger partial charge in [0.1, 0.15) is 0 Å². The van der Waals surface area contributed by atoms with Crippen LogP contribution in [0.15, 0.2) is 54.7 Å². The van der Waals surface area contributed by atoms with E-state index in [1.165, 1.54) is 11.1 Å². The quantitative estimate of drug-likeness (QED) is 0.754. The number of aromatic nitrogens is 1. The average Bonchev–Trinajstić information content (AvgIpc) is 2.56. The van der Waals surface area contributed by atoms with Gasteiger partial charge in [0.05, 0.1) is 12.1 Å². The van der Waals surface area contributed by atoms with Crippen molar-refractivity contribution in [3.63, 3.8) is 0 Å². The maximum atomic E-state index is 9.06. The monoisotopic (exact) mass is 292 g/mol. The first kappa shape index (κ1) is 14.5. The van der Waals surface area contributed by atoms with Gasteiger partial charge in [0, 0.05) is 23.8 Å². The van der Waals surface area contributed by atoms with Gasteiger partial charge in [0.25, 0.3) is 0 Å². The zero-order chi connectivity index (χ0) is 15.4. The molecule has 1 aromatic heterocycles. The van der Waals surface area contributed by atoms with Gasteiger partial charge < -0.3 is 10.4 Å². The van der Waals surface area contributed by atoms with E-state index in [0.29, 0.717) is 0 Å². The Morgan fingerprint density at radius 2 is 1.77 bits per heavy atom. The highest BCUT2D eigenvalue weighted by Crippen LogP contribution is 2.23. The summed E-state index contributed by atoms with van der Waals surface area (Å²) < 4.78 is 0. The Balaban J connectivity index is 1.70. The van der Waals surface area contributed by atoms with Crippen LogP contribution in [0.4, 0.5) is 5.69 Å². The number of hydrogen-bond donors (Lipinski definition) is 2. The molecule has 0 aliphatic rings. The molecule has 0 amide bonds. The maximum Gasteiger partial charge on any atom is 0.0751 e. The van der Waals surface area contributed by atoms with Crippen LogP contribution in [0.5, 0.6) is 0 Å². The SMILES string of the molecule is Cc1cccc2c(NCCc3ccc(CO)cc3)ccnc12. The van der Waals surface area contributed by atoms with Gasteiger partial charge in [-0.2, -0.15) is 0 Å². The number of aliphatic hydroxyl groups is 1. The van der Waals surface area contributed by atoms with Crippen LogP contribution in [-0.4, -0.2) is 16.6 Å². The van der Waals surface area contributed by atoms with Crippen molar-refractivity contribution < 1.29 is 5.11 Å². The molecule has 0 aliphatic heterocycles. The van der Waals surface area contributed by atoms with Crippen LogP contribution in [-0.2, 0) is 13.0 Å². The van der Waals surface area contributed by atoms with E-state index in [4.69, 9.17) is 5.11 Å². The minimum absolute atomic E-state index is 0.0981. The number of aliphatic hydroxyl groups excluding tert-OH is 1. The number of fused-ring (bicyclic) bond motifs is 1. The third kappa shape index (κ3) is 3.10. The van der Waals surface area contributed by atoms with Crippen molar-refractivity contribution in [3.8, 4) is 0 Å². The molecule has 112 valence electrons. The molecular weight excluding hydrogens is 272 g/mol. The van der Waals surface area contributed by atoms with E-state index in [-0.39, 0.29) is 6.61 Å². The molecule has 1 heterocycles. The maximum absolute atomic E-state index is 9.06. The zero-order valence-corrected chi connectivity index (χ0v) is 12.7. The van der Waals surface area contributed by atoms with Gasteiger partial charge in [-0.25, -0.2) is 0 Å². The lowest BCUT2D eigenvalue weighted by atomic mass is 10.1. The molecule has 0 saturated carbocycles. The molecule has 0 unspecified atom stereocenters. The van der Waals surface area contributed by atoms with E-state index in [9.17, 15) is 0 Å². The van der Waals surface area contributed by atoms with Crippen molar-refractivity contribution in [1.29, 1.82) is 0 Å². The molecule has 3 rings (SSSR count). The van der Waals surface area contributed by atoms with E-state index < -0.39 is 0 Å². The van der Waals surface area contributed by atoms with Gasteiger partial charge in [-0.1, -0.05) is 42.5 Å². The summed E-state index contributed by atoms with van der Waals surface area (Å²) in [6.45, 7) is 3.05.